The molecule has 4 heteroatoms. The summed E-state index contributed by atoms with van der Waals surface area (Å²) in [6.45, 7) is 1.91. The lowest BCUT2D eigenvalue weighted by Crippen LogP contribution is -1.91. The van der Waals surface area contributed by atoms with Crippen molar-refractivity contribution in [3.63, 3.8) is 0 Å². The number of aryl methyl sites for hydroxylation is 1. The minimum atomic E-state index is -0.235. The van der Waals surface area contributed by atoms with Crippen LogP contribution in [-0.4, -0.2) is 4.98 Å². The molecule has 0 saturated heterocycles. The van der Waals surface area contributed by atoms with Gasteiger partial charge in [-0.1, -0.05) is 11.8 Å². The highest BCUT2D eigenvalue weighted by Gasteiger charge is 2.01. The van der Waals surface area contributed by atoms with Gasteiger partial charge in [0.25, 0.3) is 0 Å². The number of anilines is 1. The number of benzene rings is 1. The molecule has 0 aliphatic rings. The van der Waals surface area contributed by atoms with E-state index >= 15 is 0 Å². The van der Waals surface area contributed by atoms with Crippen molar-refractivity contribution in [3.8, 4) is 0 Å². The molecule has 1 aromatic carbocycles. The van der Waals surface area contributed by atoms with E-state index in [-0.39, 0.29) is 5.82 Å². The van der Waals surface area contributed by atoms with Gasteiger partial charge in [-0.3, -0.25) is 0 Å². The summed E-state index contributed by atoms with van der Waals surface area (Å²) in [5.41, 5.74) is 7.47. The molecule has 0 aliphatic heterocycles. The van der Waals surface area contributed by atoms with Gasteiger partial charge in [0.1, 0.15) is 10.8 Å². The van der Waals surface area contributed by atoms with Gasteiger partial charge in [-0.25, -0.2) is 9.37 Å². The number of nitrogen functional groups attached to an aromatic ring is 1. The van der Waals surface area contributed by atoms with Gasteiger partial charge in [0.15, 0.2) is 0 Å². The highest BCUT2D eigenvalue weighted by atomic mass is 32.2. The molecular weight excluding hydrogens is 223 g/mol. The van der Waals surface area contributed by atoms with Crippen molar-refractivity contribution < 1.29 is 4.39 Å². The molecule has 1 heterocycles. The van der Waals surface area contributed by atoms with Gasteiger partial charge in [-0.2, -0.15) is 0 Å². The third-order valence-corrected chi connectivity index (χ3v) is 3.10. The highest BCUT2D eigenvalue weighted by Crippen LogP contribution is 2.27. The molecular formula is C12H11FN2S. The highest BCUT2D eigenvalue weighted by molar-refractivity contribution is 7.99. The Morgan fingerprint density at radius 1 is 1.25 bits per heavy atom. The summed E-state index contributed by atoms with van der Waals surface area (Å²) in [4.78, 5) is 5.19. The third-order valence-electron chi connectivity index (χ3n) is 2.16. The number of hydrogen-bond acceptors (Lipinski definition) is 3. The molecule has 16 heavy (non-hydrogen) atoms. The molecule has 0 saturated carbocycles. The lowest BCUT2D eigenvalue weighted by molar-refractivity contribution is 0.626. The Kier molecular flexibility index (Phi) is 3.10. The minimum absolute atomic E-state index is 0.235. The Morgan fingerprint density at radius 2 is 1.94 bits per heavy atom. The summed E-state index contributed by atoms with van der Waals surface area (Å²) < 4.78 is 12.7. The van der Waals surface area contributed by atoms with Crippen LogP contribution >= 0.6 is 11.8 Å². The number of aromatic nitrogens is 1. The number of halogens is 1. The first-order valence-electron chi connectivity index (χ1n) is 4.81. The molecule has 0 aliphatic carbocycles. The van der Waals surface area contributed by atoms with Gasteiger partial charge in [0.05, 0.1) is 0 Å². The van der Waals surface area contributed by atoms with Crippen LogP contribution in [0.2, 0.25) is 0 Å². The maximum Gasteiger partial charge on any atom is 0.123 e. The molecule has 0 atom stereocenters. The first-order valence-corrected chi connectivity index (χ1v) is 5.62. The monoisotopic (exact) mass is 234 g/mol. The SMILES string of the molecule is Cc1cnc(Sc2ccc(F)cc2)cc1N. The normalized spacial score (nSPS) is 10.4. The molecule has 82 valence electrons. The zero-order valence-corrected chi connectivity index (χ0v) is 9.59. The van der Waals surface area contributed by atoms with Crippen LogP contribution in [0.5, 0.6) is 0 Å². The van der Waals surface area contributed by atoms with Gasteiger partial charge in [-0.05, 0) is 42.8 Å². The number of rotatable bonds is 2. The van der Waals surface area contributed by atoms with Crippen molar-refractivity contribution in [1.82, 2.24) is 4.98 Å². The van der Waals surface area contributed by atoms with Crippen LogP contribution in [0.4, 0.5) is 10.1 Å². The molecule has 0 amide bonds. The molecule has 0 unspecified atom stereocenters. The summed E-state index contributed by atoms with van der Waals surface area (Å²) in [5, 5.41) is 0.815. The Hall–Kier alpha value is -1.55. The van der Waals surface area contributed by atoms with Crippen LogP contribution in [0, 0.1) is 12.7 Å². The van der Waals surface area contributed by atoms with Crippen LogP contribution in [0.3, 0.4) is 0 Å². The van der Waals surface area contributed by atoms with E-state index in [9.17, 15) is 4.39 Å². The lowest BCUT2D eigenvalue weighted by atomic mass is 10.3. The second-order valence-corrected chi connectivity index (χ2v) is 4.53. The van der Waals surface area contributed by atoms with E-state index in [0.29, 0.717) is 0 Å². The topological polar surface area (TPSA) is 38.9 Å². The van der Waals surface area contributed by atoms with Gasteiger partial charge in [0, 0.05) is 16.8 Å². The maximum atomic E-state index is 12.7. The molecule has 2 N–H and O–H groups in total. The van der Waals surface area contributed by atoms with Gasteiger partial charge in [0.2, 0.25) is 0 Å². The first kappa shape index (κ1) is 11.0. The minimum Gasteiger partial charge on any atom is -0.398 e. The van der Waals surface area contributed by atoms with Gasteiger partial charge >= 0.3 is 0 Å². The fourth-order valence-electron chi connectivity index (χ4n) is 1.20. The van der Waals surface area contributed by atoms with Crippen molar-refractivity contribution in [2.24, 2.45) is 0 Å². The number of nitrogens with two attached hydrogens (primary N) is 1. The molecule has 2 nitrogen and oxygen atoms in total. The van der Waals surface area contributed by atoms with Crippen molar-refractivity contribution in [3.05, 3.63) is 47.9 Å². The zero-order chi connectivity index (χ0) is 11.5. The fraction of sp³-hybridized carbons (Fsp3) is 0.0833. The van der Waals surface area contributed by atoms with Crippen LogP contribution in [0.15, 0.2) is 46.5 Å². The number of hydrogen-bond donors (Lipinski definition) is 1. The fourth-order valence-corrected chi connectivity index (χ4v) is 2.00. The second kappa shape index (κ2) is 4.53. The van der Waals surface area contributed by atoms with E-state index < -0.39 is 0 Å². The summed E-state index contributed by atoms with van der Waals surface area (Å²) in [7, 11) is 0. The van der Waals surface area contributed by atoms with Crippen molar-refractivity contribution in [2.45, 2.75) is 16.8 Å². The summed E-state index contributed by atoms with van der Waals surface area (Å²) in [6, 6.07) is 8.12. The first-order chi connectivity index (χ1) is 7.65. The quantitative estimate of drug-likeness (QED) is 0.866. The lowest BCUT2D eigenvalue weighted by Gasteiger charge is -2.03. The number of nitrogens with zero attached hydrogens (tertiary/aromatic N) is 1. The summed E-state index contributed by atoms with van der Waals surface area (Å²) in [5.74, 6) is -0.235. The average Bonchev–Trinajstić information content (AvgIpc) is 2.27. The smallest absolute Gasteiger partial charge is 0.123 e. The average molecular weight is 234 g/mol. The van der Waals surface area contributed by atoms with Crippen molar-refractivity contribution >= 4 is 17.4 Å². The van der Waals surface area contributed by atoms with E-state index in [1.807, 2.05) is 13.0 Å². The molecule has 2 rings (SSSR count). The van der Waals surface area contributed by atoms with Crippen LogP contribution in [0.25, 0.3) is 0 Å². The van der Waals surface area contributed by atoms with Crippen LogP contribution in [0.1, 0.15) is 5.56 Å². The van der Waals surface area contributed by atoms with Crippen molar-refractivity contribution in [1.29, 1.82) is 0 Å². The standard InChI is InChI=1S/C12H11FN2S/c1-8-7-15-12(6-11(8)14)16-10-4-2-9(13)3-5-10/h2-7H,1H3,(H2,14,15). The second-order valence-electron chi connectivity index (χ2n) is 3.44. The molecule has 2 aromatic rings. The van der Waals surface area contributed by atoms with E-state index in [0.717, 1.165) is 21.2 Å². The largest absolute Gasteiger partial charge is 0.398 e. The van der Waals surface area contributed by atoms with Gasteiger partial charge in [-0.15, -0.1) is 0 Å². The molecule has 0 bridgehead atoms. The van der Waals surface area contributed by atoms with E-state index in [2.05, 4.69) is 4.98 Å². The predicted molar refractivity (Wildman–Crippen MR) is 63.9 cm³/mol. The molecule has 0 spiro atoms. The molecule has 0 fully saturated rings. The summed E-state index contributed by atoms with van der Waals surface area (Å²) >= 11 is 1.46. The zero-order valence-electron chi connectivity index (χ0n) is 8.77. The third kappa shape index (κ3) is 2.52. The predicted octanol–water partition coefficient (Wildman–Crippen LogP) is 3.26. The summed E-state index contributed by atoms with van der Waals surface area (Å²) in [6.07, 6.45) is 1.74. The van der Waals surface area contributed by atoms with Crippen LogP contribution in [-0.2, 0) is 0 Å². The Balaban J connectivity index is 2.20. The van der Waals surface area contributed by atoms with Gasteiger partial charge < -0.3 is 5.73 Å². The molecule has 0 radical (unpaired) electrons. The van der Waals surface area contributed by atoms with Crippen molar-refractivity contribution in [2.75, 3.05) is 5.73 Å². The Labute approximate surface area is 97.7 Å². The van der Waals surface area contributed by atoms with E-state index in [1.54, 1.807) is 18.3 Å². The van der Waals surface area contributed by atoms with E-state index in [4.69, 9.17) is 5.73 Å². The maximum absolute atomic E-state index is 12.7. The molecule has 1 aromatic heterocycles. The number of pyridine rings is 1. The Bertz CT molecular complexity index is 497. The van der Waals surface area contributed by atoms with Crippen LogP contribution < -0.4 is 5.73 Å². The van der Waals surface area contributed by atoms with E-state index in [1.165, 1.54) is 23.9 Å². The Morgan fingerprint density at radius 3 is 2.56 bits per heavy atom.